The zero-order chi connectivity index (χ0) is 16.3. The number of benzene rings is 1. The number of amides is 1. The molecule has 0 radical (unpaired) electrons. The van der Waals surface area contributed by atoms with Crippen molar-refractivity contribution in [3.63, 3.8) is 0 Å². The monoisotopic (exact) mass is 376 g/mol. The van der Waals surface area contributed by atoms with Gasteiger partial charge in [0.05, 0.1) is 20.7 Å². The summed E-state index contributed by atoms with van der Waals surface area (Å²) in [7, 11) is 0. The number of rotatable bonds is 4. The Morgan fingerprint density at radius 1 is 1.23 bits per heavy atom. The molecule has 0 aliphatic heterocycles. The van der Waals surface area contributed by atoms with Gasteiger partial charge < -0.3 is 5.32 Å². The molecule has 22 heavy (non-hydrogen) atoms. The largest absolute Gasteiger partial charge is 0.324 e. The van der Waals surface area contributed by atoms with E-state index in [0.717, 1.165) is 11.3 Å². The van der Waals surface area contributed by atoms with E-state index >= 15 is 0 Å². The molecular weight excluding hydrogens is 371 g/mol. The van der Waals surface area contributed by atoms with Gasteiger partial charge in [-0.15, -0.1) is 0 Å². The molecule has 2 rings (SSSR count). The molecule has 0 saturated carbocycles. The molecule has 1 aromatic heterocycles. The van der Waals surface area contributed by atoms with Gasteiger partial charge in [0.2, 0.25) is 5.91 Å². The van der Waals surface area contributed by atoms with Gasteiger partial charge in [-0.05, 0) is 24.3 Å². The molecule has 1 amide bonds. The zero-order valence-electron chi connectivity index (χ0n) is 10.7. The highest BCUT2D eigenvalue weighted by Gasteiger charge is 2.11. The van der Waals surface area contributed by atoms with Crippen LogP contribution >= 0.6 is 46.1 Å². The molecule has 0 aliphatic rings. The number of carbonyl (C=O) groups excluding carboxylic acids is 1. The molecule has 0 atom stereocenters. The van der Waals surface area contributed by atoms with Crippen molar-refractivity contribution in [2.24, 2.45) is 0 Å². The van der Waals surface area contributed by atoms with Gasteiger partial charge in [0.15, 0.2) is 0 Å². The van der Waals surface area contributed by atoms with Gasteiger partial charge in [-0.25, -0.2) is 0 Å². The lowest BCUT2D eigenvalue weighted by Gasteiger charge is -2.07. The lowest BCUT2D eigenvalue weighted by molar-refractivity contribution is -0.380. The van der Waals surface area contributed by atoms with Crippen LogP contribution in [0.4, 0.5) is 10.7 Å². The zero-order valence-corrected chi connectivity index (χ0v) is 13.8. The van der Waals surface area contributed by atoms with Crippen LogP contribution in [-0.4, -0.2) is 10.8 Å². The van der Waals surface area contributed by atoms with Gasteiger partial charge in [0.1, 0.15) is 0 Å². The standard InChI is InChI=1S/C13H7Cl3N2O3S/c14-7-5-9(15)13(10(16)6-7)17-11(19)3-1-8-2-4-12(22-8)18(20)21/h1-6H,(H,17,19)/b3-1+. The molecule has 2 aromatic rings. The Kier molecular flexibility index (Phi) is 5.42. The normalized spacial score (nSPS) is 10.9. The SMILES string of the molecule is O=C(/C=C/c1ccc([N+](=O)[O-])s1)Nc1c(Cl)cc(Cl)cc1Cl. The van der Waals surface area contributed by atoms with E-state index in [0.29, 0.717) is 9.90 Å². The third-order valence-corrected chi connectivity index (χ3v) is 4.26. The number of thiophene rings is 1. The number of nitro groups is 1. The molecule has 114 valence electrons. The van der Waals surface area contributed by atoms with E-state index in [1.54, 1.807) is 6.07 Å². The molecule has 0 spiro atoms. The first kappa shape index (κ1) is 16.8. The lowest BCUT2D eigenvalue weighted by Crippen LogP contribution is -2.08. The quantitative estimate of drug-likeness (QED) is 0.448. The third-order valence-electron chi connectivity index (χ3n) is 2.45. The second-order valence-electron chi connectivity index (χ2n) is 4.00. The first-order chi connectivity index (χ1) is 10.4. The number of hydrogen-bond donors (Lipinski definition) is 1. The van der Waals surface area contributed by atoms with Crippen molar-refractivity contribution in [3.05, 3.63) is 60.4 Å². The van der Waals surface area contributed by atoms with Gasteiger partial charge in [-0.1, -0.05) is 46.1 Å². The number of nitrogens with one attached hydrogen (secondary N) is 1. The Labute approximate surface area is 144 Å². The smallest absolute Gasteiger partial charge is 0.320 e. The number of nitrogens with zero attached hydrogens (tertiary/aromatic N) is 1. The maximum atomic E-state index is 11.8. The maximum absolute atomic E-state index is 11.8. The highest BCUT2D eigenvalue weighted by molar-refractivity contribution is 7.16. The van der Waals surface area contributed by atoms with Crippen LogP contribution in [0.25, 0.3) is 6.08 Å². The van der Waals surface area contributed by atoms with Crippen LogP contribution in [0.5, 0.6) is 0 Å². The van der Waals surface area contributed by atoms with Crippen LogP contribution in [0.1, 0.15) is 4.88 Å². The summed E-state index contributed by atoms with van der Waals surface area (Å²) in [4.78, 5) is 22.5. The molecule has 1 heterocycles. The summed E-state index contributed by atoms with van der Waals surface area (Å²) in [6.45, 7) is 0. The summed E-state index contributed by atoms with van der Waals surface area (Å²) in [5.74, 6) is -0.470. The van der Waals surface area contributed by atoms with Crippen molar-refractivity contribution in [2.45, 2.75) is 0 Å². The molecule has 0 aliphatic carbocycles. The minimum Gasteiger partial charge on any atom is -0.320 e. The van der Waals surface area contributed by atoms with E-state index < -0.39 is 10.8 Å². The van der Waals surface area contributed by atoms with Crippen molar-refractivity contribution in [1.29, 1.82) is 0 Å². The van der Waals surface area contributed by atoms with E-state index in [1.807, 2.05) is 0 Å². The number of hydrogen-bond acceptors (Lipinski definition) is 4. The van der Waals surface area contributed by atoms with Gasteiger partial charge in [0, 0.05) is 22.0 Å². The highest BCUT2D eigenvalue weighted by Crippen LogP contribution is 2.33. The van der Waals surface area contributed by atoms with Crippen LogP contribution in [0, 0.1) is 10.1 Å². The molecule has 0 bridgehead atoms. The molecule has 9 heteroatoms. The Bertz CT molecular complexity index is 751. The predicted octanol–water partition coefficient (Wildman–Crippen LogP) is 5.27. The molecule has 5 nitrogen and oxygen atoms in total. The molecule has 0 fully saturated rings. The molecule has 0 saturated heterocycles. The minimum atomic E-state index is -0.491. The predicted molar refractivity (Wildman–Crippen MR) is 90.1 cm³/mol. The fourth-order valence-corrected chi connectivity index (χ4v) is 3.15. The van der Waals surface area contributed by atoms with E-state index in [2.05, 4.69) is 5.32 Å². The Morgan fingerprint density at radius 2 is 1.86 bits per heavy atom. The average molecular weight is 378 g/mol. The van der Waals surface area contributed by atoms with Crippen LogP contribution in [0.3, 0.4) is 0 Å². The summed E-state index contributed by atoms with van der Waals surface area (Å²) in [5, 5.41) is 13.9. The van der Waals surface area contributed by atoms with Crippen LogP contribution in [0.15, 0.2) is 30.3 Å². The summed E-state index contributed by atoms with van der Waals surface area (Å²) >= 11 is 18.6. The van der Waals surface area contributed by atoms with E-state index in [4.69, 9.17) is 34.8 Å². The highest BCUT2D eigenvalue weighted by atomic mass is 35.5. The fraction of sp³-hybridized carbons (Fsp3) is 0. The number of halogens is 3. The topological polar surface area (TPSA) is 72.2 Å². The second kappa shape index (κ2) is 7.11. The molecule has 1 N–H and O–H groups in total. The van der Waals surface area contributed by atoms with Gasteiger partial charge in [-0.3, -0.25) is 14.9 Å². The van der Waals surface area contributed by atoms with Crippen LogP contribution < -0.4 is 5.32 Å². The van der Waals surface area contributed by atoms with Crippen molar-refractivity contribution in [1.82, 2.24) is 0 Å². The minimum absolute atomic E-state index is 0.00356. The van der Waals surface area contributed by atoms with E-state index in [1.165, 1.54) is 30.4 Å². The maximum Gasteiger partial charge on any atom is 0.324 e. The van der Waals surface area contributed by atoms with Crippen LogP contribution in [-0.2, 0) is 4.79 Å². The summed E-state index contributed by atoms with van der Waals surface area (Å²) in [6, 6.07) is 5.83. The lowest BCUT2D eigenvalue weighted by atomic mass is 10.3. The van der Waals surface area contributed by atoms with E-state index in [-0.39, 0.29) is 20.7 Å². The second-order valence-corrected chi connectivity index (χ2v) is 6.34. The van der Waals surface area contributed by atoms with Crippen LogP contribution in [0.2, 0.25) is 15.1 Å². The van der Waals surface area contributed by atoms with Crippen molar-refractivity contribution in [2.75, 3.05) is 5.32 Å². The number of anilines is 1. The first-order valence-corrected chi connectivity index (χ1v) is 7.69. The number of carbonyl (C=O) groups is 1. The van der Waals surface area contributed by atoms with Gasteiger partial charge in [0.25, 0.3) is 0 Å². The fourth-order valence-electron chi connectivity index (χ4n) is 1.51. The molecule has 1 aromatic carbocycles. The van der Waals surface area contributed by atoms with E-state index in [9.17, 15) is 14.9 Å². The first-order valence-electron chi connectivity index (χ1n) is 5.74. The summed E-state index contributed by atoms with van der Waals surface area (Å²) in [5.41, 5.74) is 0.250. The van der Waals surface area contributed by atoms with Gasteiger partial charge >= 0.3 is 5.00 Å². The van der Waals surface area contributed by atoms with Gasteiger partial charge in [-0.2, -0.15) is 0 Å². The third kappa shape index (κ3) is 4.20. The summed E-state index contributed by atoms with van der Waals surface area (Å²) in [6.07, 6.45) is 2.70. The van der Waals surface area contributed by atoms with Crippen molar-refractivity contribution < 1.29 is 9.72 Å². The Hall–Kier alpha value is -1.60. The molecular formula is C13H7Cl3N2O3S. The summed E-state index contributed by atoms with van der Waals surface area (Å²) < 4.78 is 0. The molecule has 0 unspecified atom stereocenters. The van der Waals surface area contributed by atoms with Crippen molar-refractivity contribution in [3.8, 4) is 0 Å². The average Bonchev–Trinajstić information content (AvgIpc) is 2.89. The Morgan fingerprint density at radius 3 is 2.41 bits per heavy atom. The van der Waals surface area contributed by atoms with Crippen molar-refractivity contribution >= 4 is 68.8 Å². The Balaban J connectivity index is 2.09.